The summed E-state index contributed by atoms with van der Waals surface area (Å²) in [7, 11) is 2.59. The van der Waals surface area contributed by atoms with Crippen molar-refractivity contribution in [2.45, 2.75) is 6.42 Å². The minimum Gasteiger partial charge on any atom is -0.469 e. The van der Waals surface area contributed by atoms with Crippen LogP contribution in [0.2, 0.25) is 0 Å². The van der Waals surface area contributed by atoms with Gasteiger partial charge in [0, 0.05) is 6.20 Å². The number of pyridine rings is 1. The van der Waals surface area contributed by atoms with Crippen molar-refractivity contribution < 1.29 is 19.1 Å². The molecule has 0 unspecified atom stereocenters. The predicted molar refractivity (Wildman–Crippen MR) is 62.3 cm³/mol. The zero-order valence-corrected chi connectivity index (χ0v) is 10.0. The molecule has 0 amide bonds. The number of hydrogen-bond acceptors (Lipinski definition) is 5. The first-order valence-electron chi connectivity index (χ1n) is 5.28. The fourth-order valence-electron chi connectivity index (χ4n) is 1.67. The van der Waals surface area contributed by atoms with E-state index in [4.69, 9.17) is 0 Å². The molecule has 0 aliphatic rings. The number of rotatable bonds is 3. The van der Waals surface area contributed by atoms with Gasteiger partial charge in [0.1, 0.15) is 12.2 Å². The average Bonchev–Trinajstić information content (AvgIpc) is 2.77. The number of hydrogen-bond donors (Lipinski definition) is 0. The third kappa shape index (κ3) is 2.04. The van der Waals surface area contributed by atoms with Crippen LogP contribution >= 0.6 is 0 Å². The molecule has 0 N–H and O–H groups in total. The first-order valence-corrected chi connectivity index (χ1v) is 5.28. The Morgan fingerprint density at radius 1 is 1.28 bits per heavy atom. The number of imidazole rings is 1. The van der Waals surface area contributed by atoms with Gasteiger partial charge in [-0.3, -0.25) is 4.79 Å². The molecule has 0 aliphatic carbocycles. The molecule has 2 rings (SSSR count). The number of nitrogens with zero attached hydrogens (tertiary/aromatic N) is 2. The monoisotopic (exact) mass is 248 g/mol. The van der Waals surface area contributed by atoms with Gasteiger partial charge in [-0.05, 0) is 12.1 Å². The average molecular weight is 248 g/mol. The Kier molecular flexibility index (Phi) is 3.27. The van der Waals surface area contributed by atoms with Crippen LogP contribution in [0.15, 0.2) is 24.4 Å². The topological polar surface area (TPSA) is 69.9 Å². The molecule has 0 bridgehead atoms. The molecule has 6 nitrogen and oxygen atoms in total. The van der Waals surface area contributed by atoms with Gasteiger partial charge < -0.3 is 13.9 Å². The Morgan fingerprint density at radius 3 is 2.72 bits per heavy atom. The highest BCUT2D eigenvalue weighted by molar-refractivity contribution is 5.95. The lowest BCUT2D eigenvalue weighted by Crippen LogP contribution is -2.08. The maximum atomic E-state index is 11.6. The maximum Gasteiger partial charge on any atom is 0.358 e. The van der Waals surface area contributed by atoms with Crippen molar-refractivity contribution >= 4 is 17.5 Å². The van der Waals surface area contributed by atoms with E-state index in [1.165, 1.54) is 14.2 Å². The van der Waals surface area contributed by atoms with E-state index in [0.29, 0.717) is 11.3 Å². The standard InChI is InChI=1S/C12H12N2O4/c1-17-10(15)7-9-13-11(12(16)18-2)8-5-3-4-6-14(8)9/h3-6H,7H2,1-2H3. The number of esters is 2. The molecule has 18 heavy (non-hydrogen) atoms. The van der Waals surface area contributed by atoms with E-state index in [1.54, 1.807) is 28.8 Å². The number of carbonyl (C=O) groups is 2. The molecule has 2 aromatic rings. The van der Waals surface area contributed by atoms with Gasteiger partial charge >= 0.3 is 11.9 Å². The smallest absolute Gasteiger partial charge is 0.358 e. The molecule has 0 spiro atoms. The molecule has 0 aliphatic heterocycles. The van der Waals surface area contributed by atoms with E-state index < -0.39 is 11.9 Å². The number of methoxy groups -OCH3 is 2. The third-order valence-electron chi connectivity index (χ3n) is 2.53. The van der Waals surface area contributed by atoms with Crippen LogP contribution < -0.4 is 0 Å². The SMILES string of the molecule is COC(=O)Cc1nc(C(=O)OC)c2ccccn12. The number of carbonyl (C=O) groups excluding carboxylic acids is 2. The van der Waals surface area contributed by atoms with Crippen LogP contribution in [0.1, 0.15) is 16.3 Å². The van der Waals surface area contributed by atoms with Crippen LogP contribution in [0.4, 0.5) is 0 Å². The van der Waals surface area contributed by atoms with Gasteiger partial charge in [0.15, 0.2) is 5.69 Å². The second-order valence-electron chi connectivity index (χ2n) is 3.58. The van der Waals surface area contributed by atoms with Gasteiger partial charge in [-0.15, -0.1) is 0 Å². The molecule has 2 aromatic heterocycles. The van der Waals surface area contributed by atoms with Crippen molar-refractivity contribution in [2.75, 3.05) is 14.2 Å². The Bertz CT molecular complexity index is 603. The molecular weight excluding hydrogens is 236 g/mol. The predicted octanol–water partition coefficient (Wildman–Crippen LogP) is 0.836. The van der Waals surface area contributed by atoms with E-state index in [2.05, 4.69) is 14.5 Å². The minimum atomic E-state index is -0.533. The minimum absolute atomic E-state index is 0.00132. The summed E-state index contributed by atoms with van der Waals surface area (Å²) in [5.41, 5.74) is 0.792. The summed E-state index contributed by atoms with van der Waals surface area (Å²) in [6.07, 6.45) is 1.73. The lowest BCUT2D eigenvalue weighted by molar-refractivity contribution is -0.139. The second-order valence-corrected chi connectivity index (χ2v) is 3.58. The van der Waals surface area contributed by atoms with E-state index in [1.807, 2.05) is 0 Å². The number of fused-ring (bicyclic) bond motifs is 1. The third-order valence-corrected chi connectivity index (χ3v) is 2.53. The largest absolute Gasteiger partial charge is 0.469 e. The summed E-state index contributed by atoms with van der Waals surface area (Å²) < 4.78 is 10.9. The lowest BCUT2D eigenvalue weighted by Gasteiger charge is -1.99. The molecule has 0 radical (unpaired) electrons. The molecule has 94 valence electrons. The van der Waals surface area contributed by atoms with Crippen molar-refractivity contribution in [3.8, 4) is 0 Å². The highest BCUT2D eigenvalue weighted by Crippen LogP contribution is 2.14. The molecule has 0 saturated carbocycles. The van der Waals surface area contributed by atoms with Crippen LogP contribution in [-0.2, 0) is 20.7 Å². The zero-order valence-electron chi connectivity index (χ0n) is 10.0. The molecule has 2 heterocycles. The van der Waals surface area contributed by atoms with Crippen molar-refractivity contribution in [3.05, 3.63) is 35.9 Å². The van der Waals surface area contributed by atoms with Gasteiger partial charge in [0.25, 0.3) is 0 Å². The maximum absolute atomic E-state index is 11.6. The highest BCUT2D eigenvalue weighted by atomic mass is 16.5. The summed E-state index contributed by atoms with van der Waals surface area (Å²) in [6.45, 7) is 0. The van der Waals surface area contributed by atoms with Crippen molar-refractivity contribution in [2.24, 2.45) is 0 Å². The quantitative estimate of drug-likeness (QED) is 0.753. The van der Waals surface area contributed by atoms with Gasteiger partial charge in [-0.25, -0.2) is 9.78 Å². The van der Waals surface area contributed by atoms with Gasteiger partial charge in [0.2, 0.25) is 0 Å². The summed E-state index contributed by atoms with van der Waals surface area (Å²) in [5, 5.41) is 0. The normalized spacial score (nSPS) is 10.3. The molecule has 6 heteroatoms. The second kappa shape index (κ2) is 4.87. The highest BCUT2D eigenvalue weighted by Gasteiger charge is 2.19. The first-order chi connectivity index (χ1) is 8.67. The molecule has 0 aromatic carbocycles. The van der Waals surface area contributed by atoms with Crippen molar-refractivity contribution in [1.82, 2.24) is 9.38 Å². The number of ether oxygens (including phenoxy) is 2. The van der Waals surface area contributed by atoms with Gasteiger partial charge in [-0.1, -0.05) is 6.07 Å². The zero-order chi connectivity index (χ0) is 13.1. The Balaban J connectivity index is 2.54. The fraction of sp³-hybridized carbons (Fsp3) is 0.250. The van der Waals surface area contributed by atoms with E-state index >= 15 is 0 Å². The number of aromatic nitrogens is 2. The first kappa shape index (κ1) is 12.1. The summed E-state index contributed by atoms with van der Waals surface area (Å²) in [4.78, 5) is 27.0. The van der Waals surface area contributed by atoms with Crippen LogP contribution in [0.5, 0.6) is 0 Å². The van der Waals surface area contributed by atoms with Gasteiger partial charge in [0.05, 0.1) is 19.7 Å². The molecule has 0 fully saturated rings. The van der Waals surface area contributed by atoms with Crippen molar-refractivity contribution in [3.63, 3.8) is 0 Å². The Morgan fingerprint density at radius 2 is 2.06 bits per heavy atom. The molecule has 0 atom stereocenters. The Hall–Kier alpha value is -2.37. The van der Waals surface area contributed by atoms with E-state index in [9.17, 15) is 9.59 Å². The Labute approximate surface area is 103 Å². The molecular formula is C12H12N2O4. The van der Waals surface area contributed by atoms with Crippen LogP contribution in [0.25, 0.3) is 5.52 Å². The molecule has 0 saturated heterocycles. The van der Waals surface area contributed by atoms with Gasteiger partial charge in [-0.2, -0.15) is 0 Å². The van der Waals surface area contributed by atoms with Crippen LogP contribution in [-0.4, -0.2) is 35.5 Å². The van der Waals surface area contributed by atoms with E-state index in [-0.39, 0.29) is 12.1 Å². The summed E-state index contributed by atoms with van der Waals surface area (Å²) in [5.74, 6) is -0.505. The van der Waals surface area contributed by atoms with Crippen LogP contribution in [0, 0.1) is 0 Å². The summed E-state index contributed by atoms with van der Waals surface area (Å²) in [6, 6.07) is 5.31. The summed E-state index contributed by atoms with van der Waals surface area (Å²) >= 11 is 0. The van der Waals surface area contributed by atoms with E-state index in [0.717, 1.165) is 0 Å². The lowest BCUT2D eigenvalue weighted by atomic mass is 10.3. The van der Waals surface area contributed by atoms with Crippen LogP contribution in [0.3, 0.4) is 0 Å². The van der Waals surface area contributed by atoms with Crippen molar-refractivity contribution in [1.29, 1.82) is 0 Å². The fourth-order valence-corrected chi connectivity index (χ4v) is 1.67.